The van der Waals surface area contributed by atoms with Crippen molar-refractivity contribution in [1.82, 2.24) is 0 Å². The summed E-state index contributed by atoms with van der Waals surface area (Å²) in [6.45, 7) is 8.43. The number of halogens is 7. The first-order valence-corrected chi connectivity index (χ1v) is 26.8. The van der Waals surface area contributed by atoms with Gasteiger partial charge in [0.05, 0.1) is 39.6 Å². The van der Waals surface area contributed by atoms with E-state index < -0.39 is 88.3 Å². The van der Waals surface area contributed by atoms with Crippen LogP contribution in [0.1, 0.15) is 41.5 Å². The molecule has 0 spiro atoms. The molecule has 2 aliphatic rings. The van der Waals surface area contributed by atoms with Crippen LogP contribution in [0.15, 0.2) is 121 Å². The molecular formula is C47H59F7O10SSi2. The largest absolute Gasteiger partial charge is 0.523 e. The van der Waals surface area contributed by atoms with Crippen LogP contribution < -0.4 is 20.7 Å². The number of hydrogen-bond acceptors (Lipinski definition) is 10. The summed E-state index contributed by atoms with van der Waals surface area (Å²) in [6.07, 6.45) is -4.60. The lowest BCUT2D eigenvalue weighted by Crippen LogP contribution is -2.67. The highest BCUT2D eigenvalue weighted by molar-refractivity contribution is 7.87. The molecule has 0 amide bonds. The van der Waals surface area contributed by atoms with Crippen LogP contribution in [-0.4, -0.2) is 125 Å². The molecule has 2 aliphatic heterocycles. The van der Waals surface area contributed by atoms with E-state index in [0.29, 0.717) is 0 Å². The van der Waals surface area contributed by atoms with Crippen molar-refractivity contribution in [3.8, 4) is 0 Å². The van der Waals surface area contributed by atoms with E-state index in [9.17, 15) is 39.2 Å². The van der Waals surface area contributed by atoms with E-state index in [-0.39, 0.29) is 43.1 Å². The molecule has 0 aromatic heterocycles. The van der Waals surface area contributed by atoms with Crippen molar-refractivity contribution in [2.75, 3.05) is 52.9 Å². The molecule has 0 saturated carbocycles. The molecule has 4 atom stereocenters. The highest BCUT2D eigenvalue weighted by atomic mass is 32.2. The average Bonchev–Trinajstić information content (AvgIpc) is 3.29. The minimum absolute atomic E-state index is 0.00153. The third-order valence-corrected chi connectivity index (χ3v) is 22.6. The molecular weight excluding hydrogens is 946 g/mol. The van der Waals surface area contributed by atoms with Crippen LogP contribution in [0.3, 0.4) is 0 Å². The summed E-state index contributed by atoms with van der Waals surface area (Å²) in [5, 5.41) is 12.7. The minimum Gasteiger partial charge on any atom is -0.405 e. The summed E-state index contributed by atoms with van der Waals surface area (Å²) in [7, 11) is -11.8. The van der Waals surface area contributed by atoms with Crippen LogP contribution in [-0.2, 0) is 42.1 Å². The van der Waals surface area contributed by atoms with Crippen molar-refractivity contribution in [2.45, 2.75) is 93.4 Å². The van der Waals surface area contributed by atoms with Crippen molar-refractivity contribution in [3.63, 3.8) is 0 Å². The van der Waals surface area contributed by atoms with Gasteiger partial charge in [0.2, 0.25) is 0 Å². The van der Waals surface area contributed by atoms with E-state index in [1.165, 1.54) is 0 Å². The zero-order valence-corrected chi connectivity index (χ0v) is 41.0. The zero-order chi connectivity index (χ0) is 49.4. The van der Waals surface area contributed by atoms with Crippen LogP contribution in [0.4, 0.5) is 30.7 Å². The Kier molecular flexibility index (Phi) is 17.9. The summed E-state index contributed by atoms with van der Waals surface area (Å²) in [6, 6.07) is 39.9. The fourth-order valence-corrected chi connectivity index (χ4v) is 17.8. The lowest BCUT2D eigenvalue weighted by molar-refractivity contribution is -0.229. The Morgan fingerprint density at radius 2 is 0.836 bits per heavy atom. The van der Waals surface area contributed by atoms with Crippen molar-refractivity contribution < 1.29 is 76.2 Å². The fourth-order valence-electron chi connectivity index (χ4n) is 8.14. The van der Waals surface area contributed by atoms with Crippen molar-refractivity contribution >= 4 is 47.5 Å². The van der Waals surface area contributed by atoms with E-state index in [0.717, 1.165) is 20.7 Å². The number of benzene rings is 4. The first-order chi connectivity index (χ1) is 31.3. The highest BCUT2D eigenvalue weighted by Crippen LogP contribution is 2.39. The summed E-state index contributed by atoms with van der Waals surface area (Å²) >= 11 is 0. The maximum absolute atomic E-state index is 14.3. The van der Waals surface area contributed by atoms with Gasteiger partial charge in [-0.15, -0.1) is 0 Å². The van der Waals surface area contributed by atoms with Crippen LogP contribution in [0.25, 0.3) is 0 Å². The number of ether oxygens (including phenoxy) is 4. The second-order valence-corrected chi connectivity index (χ2v) is 28.6. The van der Waals surface area contributed by atoms with Crippen LogP contribution in [0, 0.1) is 0 Å². The fraction of sp³-hybridized carbons (Fsp3) is 0.489. The molecule has 4 aromatic carbocycles. The Labute approximate surface area is 390 Å². The maximum Gasteiger partial charge on any atom is 0.523 e. The Morgan fingerprint density at radius 1 is 0.522 bits per heavy atom. The smallest absolute Gasteiger partial charge is 0.405 e. The number of alkyl halides is 7. The number of aliphatic hydroxyl groups excluding tert-OH is 1. The standard InChI is InChI=1S/C24H29F5O6SSi.C23H30F2O4Si/c1-22(2,3)37(19-10-6-4-7-11-19,20-12-8-5-9-13-20)35-15-18-14-33-21(16-32-18)23(25,26)17-34-36(30,31)24(27,28)29;1-22(2,3)30(19-10-6-4-7-11-19,20-12-8-5-9-13-20)29-15-18-14-28-21(16-27-18)23(24,25)17-26/h4-13,18,21H,14-17H2,1-3H3;4-13,18,21,26H,14-17H2,1-3H3. The third-order valence-electron chi connectivity index (χ3n) is 11.6. The first kappa shape index (κ1) is 54.4. The molecule has 2 fully saturated rings. The lowest BCUT2D eigenvalue weighted by atomic mass is 10.2. The van der Waals surface area contributed by atoms with Crippen LogP contribution in [0.5, 0.6) is 0 Å². The van der Waals surface area contributed by atoms with E-state index >= 15 is 0 Å². The van der Waals surface area contributed by atoms with Gasteiger partial charge < -0.3 is 32.9 Å². The van der Waals surface area contributed by atoms with Gasteiger partial charge in [-0.3, -0.25) is 4.18 Å². The quantitative estimate of drug-likeness (QED) is 0.0555. The van der Waals surface area contributed by atoms with E-state index in [1.54, 1.807) is 0 Å². The van der Waals surface area contributed by atoms with Gasteiger partial charge in [-0.1, -0.05) is 163 Å². The van der Waals surface area contributed by atoms with Crippen molar-refractivity contribution in [3.05, 3.63) is 121 Å². The molecule has 10 nitrogen and oxygen atoms in total. The Hall–Kier alpha value is -3.55. The van der Waals surface area contributed by atoms with Gasteiger partial charge >= 0.3 is 15.6 Å². The molecule has 1 N–H and O–H groups in total. The third kappa shape index (κ3) is 12.8. The molecule has 2 heterocycles. The SMILES string of the molecule is CC(C)(C)[Si](OCC1COC(C(F)(F)CO)CO1)(c1ccccc1)c1ccccc1.CC(C)(C)[Si](OCC1COC(C(F)(F)COS(=O)(=O)C(F)(F)F)CO1)(c1ccccc1)c1ccccc1. The minimum atomic E-state index is -6.16. The van der Waals surface area contributed by atoms with Gasteiger partial charge in [-0.05, 0) is 30.8 Å². The predicted octanol–water partition coefficient (Wildman–Crippen LogP) is 6.82. The van der Waals surface area contributed by atoms with Crippen molar-refractivity contribution in [2.24, 2.45) is 0 Å². The number of hydrogen-bond donors (Lipinski definition) is 1. The normalized spacial score (nSPS) is 20.4. The Morgan fingerprint density at radius 3 is 1.09 bits per heavy atom. The van der Waals surface area contributed by atoms with Crippen LogP contribution >= 0.6 is 0 Å². The first-order valence-electron chi connectivity index (χ1n) is 21.6. The maximum atomic E-state index is 14.3. The molecule has 0 radical (unpaired) electrons. The van der Waals surface area contributed by atoms with E-state index in [2.05, 4.69) is 70.0 Å². The Balaban J connectivity index is 0.000000256. The molecule has 67 heavy (non-hydrogen) atoms. The molecule has 4 unspecified atom stereocenters. The topological polar surface area (TPSA) is 119 Å². The zero-order valence-electron chi connectivity index (χ0n) is 38.2. The molecule has 6 rings (SSSR count). The van der Waals surface area contributed by atoms with Crippen LogP contribution in [0.2, 0.25) is 10.1 Å². The molecule has 370 valence electrons. The number of rotatable bonds is 16. The van der Waals surface area contributed by atoms with Gasteiger partial charge in [-0.2, -0.15) is 21.6 Å². The van der Waals surface area contributed by atoms with Crippen molar-refractivity contribution in [1.29, 1.82) is 0 Å². The van der Waals surface area contributed by atoms with Gasteiger partial charge in [0.1, 0.15) is 37.6 Å². The summed E-state index contributed by atoms with van der Waals surface area (Å²) < 4.78 is 154. The van der Waals surface area contributed by atoms with Gasteiger partial charge in [0.25, 0.3) is 28.5 Å². The molecule has 0 aliphatic carbocycles. The van der Waals surface area contributed by atoms with Gasteiger partial charge in [0, 0.05) is 0 Å². The van der Waals surface area contributed by atoms with E-state index in [1.807, 2.05) is 97.1 Å². The Bertz CT molecular complexity index is 2140. The van der Waals surface area contributed by atoms with Gasteiger partial charge in [0.15, 0.2) is 0 Å². The average molecular weight is 1010 g/mol. The van der Waals surface area contributed by atoms with E-state index in [4.69, 9.17) is 32.9 Å². The highest BCUT2D eigenvalue weighted by Gasteiger charge is 2.54. The second-order valence-electron chi connectivity index (χ2n) is 18.3. The summed E-state index contributed by atoms with van der Waals surface area (Å²) in [5.41, 5.74) is -5.81. The summed E-state index contributed by atoms with van der Waals surface area (Å²) in [5.74, 6) is -7.36. The lowest BCUT2D eigenvalue weighted by Gasteiger charge is -2.44. The second kappa shape index (κ2) is 22.0. The molecule has 20 heteroatoms. The molecule has 0 bridgehead atoms. The monoisotopic (exact) mass is 1000 g/mol. The molecule has 2 saturated heterocycles. The number of aliphatic hydroxyl groups is 1. The molecule has 4 aromatic rings. The predicted molar refractivity (Wildman–Crippen MR) is 244 cm³/mol. The summed E-state index contributed by atoms with van der Waals surface area (Å²) in [4.78, 5) is 0. The van der Waals surface area contributed by atoms with Gasteiger partial charge in [-0.25, -0.2) is 17.6 Å².